The Balaban J connectivity index is 1.79. The summed E-state index contributed by atoms with van der Waals surface area (Å²) in [7, 11) is -2.75. The molecule has 12 nitrogen and oxygen atoms in total. The van der Waals surface area contributed by atoms with Crippen LogP contribution in [0.15, 0.2) is 53.4 Å². The van der Waals surface area contributed by atoms with E-state index in [-0.39, 0.29) is 29.7 Å². The summed E-state index contributed by atoms with van der Waals surface area (Å²) in [6.45, 7) is 6.00. The van der Waals surface area contributed by atoms with E-state index in [1.165, 1.54) is 36.3 Å². The second-order valence-corrected chi connectivity index (χ2v) is 12.6. The van der Waals surface area contributed by atoms with Crippen LogP contribution in [0.1, 0.15) is 57.6 Å². The lowest BCUT2D eigenvalue weighted by atomic mass is 10.0. The molecule has 0 radical (unpaired) electrons. The van der Waals surface area contributed by atoms with Crippen LogP contribution in [-0.4, -0.2) is 68.2 Å². The van der Waals surface area contributed by atoms with Gasteiger partial charge < -0.3 is 26.0 Å². The summed E-state index contributed by atoms with van der Waals surface area (Å²) in [6, 6.07) is 10.3. The zero-order valence-electron chi connectivity index (χ0n) is 24.4. The summed E-state index contributed by atoms with van der Waals surface area (Å²) < 4.78 is 34.0. The quantitative estimate of drug-likeness (QED) is 0.171. The number of hydrogen-bond acceptors (Lipinski definition) is 7. The minimum Gasteiger partial charge on any atom is -0.497 e. The maximum atomic E-state index is 13.8. The molecule has 2 aromatic rings. The predicted molar refractivity (Wildman–Crippen MR) is 158 cm³/mol. The Morgan fingerprint density at radius 2 is 1.76 bits per heavy atom. The van der Waals surface area contributed by atoms with Crippen molar-refractivity contribution in [3.05, 3.63) is 59.7 Å². The van der Waals surface area contributed by atoms with Crippen LogP contribution in [0.25, 0.3) is 0 Å². The van der Waals surface area contributed by atoms with E-state index < -0.39 is 45.9 Å². The molecule has 3 amide bonds. The Kier molecular flexibility index (Phi) is 10.7. The van der Waals surface area contributed by atoms with Gasteiger partial charge in [0, 0.05) is 24.2 Å². The molecule has 6 N–H and O–H groups in total. The van der Waals surface area contributed by atoms with E-state index in [1.54, 1.807) is 24.3 Å². The number of ether oxygens (including phenoxy) is 1. The molecule has 1 aliphatic rings. The van der Waals surface area contributed by atoms with E-state index in [2.05, 4.69) is 15.4 Å². The number of methoxy groups -OCH3 is 1. The van der Waals surface area contributed by atoms with E-state index in [4.69, 9.17) is 15.9 Å². The number of amides is 3. The molecule has 0 aromatic heterocycles. The van der Waals surface area contributed by atoms with Gasteiger partial charge in [-0.05, 0) is 62.9 Å². The highest BCUT2D eigenvalue weighted by Crippen LogP contribution is 2.22. The Labute approximate surface area is 246 Å². The smallest absolute Gasteiger partial charge is 0.243 e. The van der Waals surface area contributed by atoms with Gasteiger partial charge in [-0.3, -0.25) is 19.8 Å². The molecular weight excluding hydrogens is 560 g/mol. The van der Waals surface area contributed by atoms with Gasteiger partial charge in [0.1, 0.15) is 23.7 Å². The summed E-state index contributed by atoms with van der Waals surface area (Å²) in [5, 5.41) is 13.2. The summed E-state index contributed by atoms with van der Waals surface area (Å²) in [5.41, 5.74) is 6.28. The van der Waals surface area contributed by atoms with Gasteiger partial charge in [0.15, 0.2) is 0 Å². The Hall–Kier alpha value is -3.97. The zero-order chi connectivity index (χ0) is 31.1. The van der Waals surface area contributed by atoms with Gasteiger partial charge in [-0.1, -0.05) is 31.2 Å². The fraction of sp³-hybridized carbons (Fsp3) is 0.448. The molecule has 1 heterocycles. The average Bonchev–Trinajstić information content (AvgIpc) is 3.45. The first-order chi connectivity index (χ1) is 19.8. The van der Waals surface area contributed by atoms with Crippen molar-refractivity contribution in [1.29, 1.82) is 5.41 Å². The van der Waals surface area contributed by atoms with Crippen molar-refractivity contribution < 1.29 is 27.5 Å². The monoisotopic (exact) mass is 600 g/mol. The molecule has 2 atom stereocenters. The van der Waals surface area contributed by atoms with Gasteiger partial charge in [0.2, 0.25) is 27.7 Å². The third-order valence-corrected chi connectivity index (χ3v) is 8.77. The van der Waals surface area contributed by atoms with Crippen molar-refractivity contribution in [3.8, 4) is 5.75 Å². The summed E-state index contributed by atoms with van der Waals surface area (Å²) in [4.78, 5) is 41.2. The third kappa shape index (κ3) is 8.52. The lowest BCUT2D eigenvalue weighted by molar-refractivity contribution is -0.141. The SMILES string of the molecule is CCC(C)(C)NC(=O)CC(NS(=O)(=O)c1ccc(OC)cc1)C(=O)N1CCCC1C(=O)NCc1ccc(C(=N)N)cc1. The van der Waals surface area contributed by atoms with Gasteiger partial charge >= 0.3 is 0 Å². The van der Waals surface area contributed by atoms with Crippen molar-refractivity contribution in [1.82, 2.24) is 20.3 Å². The number of benzene rings is 2. The van der Waals surface area contributed by atoms with Crippen LogP contribution in [0, 0.1) is 5.41 Å². The highest BCUT2D eigenvalue weighted by Gasteiger charge is 2.39. The third-order valence-electron chi connectivity index (χ3n) is 7.29. The normalized spacial score (nSPS) is 16.0. The van der Waals surface area contributed by atoms with Crippen LogP contribution in [0.4, 0.5) is 0 Å². The van der Waals surface area contributed by atoms with Crippen LogP contribution < -0.4 is 25.8 Å². The van der Waals surface area contributed by atoms with E-state index in [0.29, 0.717) is 30.6 Å². The first-order valence-corrected chi connectivity index (χ1v) is 15.2. The van der Waals surface area contributed by atoms with Crippen LogP contribution in [-0.2, 0) is 31.0 Å². The fourth-order valence-corrected chi connectivity index (χ4v) is 5.69. The minimum atomic E-state index is -4.21. The lowest BCUT2D eigenvalue weighted by Gasteiger charge is -2.30. The number of rotatable bonds is 13. The number of carbonyl (C=O) groups excluding carboxylic acids is 3. The number of likely N-dealkylation sites (tertiary alicyclic amines) is 1. The van der Waals surface area contributed by atoms with Gasteiger partial charge in [-0.2, -0.15) is 4.72 Å². The summed E-state index contributed by atoms with van der Waals surface area (Å²) in [6.07, 6.45) is 1.13. The molecule has 0 spiro atoms. The fourth-order valence-electron chi connectivity index (χ4n) is 4.50. The van der Waals surface area contributed by atoms with Crippen LogP contribution in [0.2, 0.25) is 0 Å². The van der Waals surface area contributed by atoms with Gasteiger partial charge in [0.25, 0.3) is 0 Å². The van der Waals surface area contributed by atoms with E-state index in [9.17, 15) is 22.8 Å². The Morgan fingerprint density at radius 1 is 1.12 bits per heavy atom. The van der Waals surface area contributed by atoms with Crippen molar-refractivity contribution >= 4 is 33.6 Å². The number of hydrogen-bond donors (Lipinski definition) is 5. The molecule has 0 aliphatic carbocycles. The second kappa shape index (κ2) is 13.8. The highest BCUT2D eigenvalue weighted by atomic mass is 32.2. The van der Waals surface area contributed by atoms with E-state index in [0.717, 1.165) is 5.56 Å². The van der Waals surface area contributed by atoms with Gasteiger partial charge in [-0.25, -0.2) is 8.42 Å². The maximum absolute atomic E-state index is 13.8. The average molecular weight is 601 g/mol. The number of nitrogens with zero attached hydrogens (tertiary/aromatic N) is 1. The molecule has 2 unspecified atom stereocenters. The Bertz CT molecular complexity index is 1390. The molecule has 1 fully saturated rings. The molecule has 1 aliphatic heterocycles. The predicted octanol–water partition coefficient (Wildman–Crippen LogP) is 1.63. The molecule has 2 aromatic carbocycles. The topological polar surface area (TPSA) is 184 Å². The first-order valence-electron chi connectivity index (χ1n) is 13.7. The molecule has 42 heavy (non-hydrogen) atoms. The summed E-state index contributed by atoms with van der Waals surface area (Å²) >= 11 is 0. The number of carbonyl (C=O) groups is 3. The molecule has 1 saturated heterocycles. The molecule has 0 saturated carbocycles. The zero-order valence-corrected chi connectivity index (χ0v) is 25.2. The Morgan fingerprint density at radius 3 is 2.33 bits per heavy atom. The van der Waals surface area contributed by atoms with Crippen LogP contribution >= 0.6 is 0 Å². The second-order valence-electron chi connectivity index (χ2n) is 10.9. The van der Waals surface area contributed by atoms with Gasteiger partial charge in [-0.15, -0.1) is 0 Å². The first kappa shape index (κ1) is 32.5. The summed E-state index contributed by atoms with van der Waals surface area (Å²) in [5.74, 6) is -1.13. The molecule has 228 valence electrons. The molecular formula is C29H40N6O6S. The number of nitrogens with one attached hydrogen (secondary N) is 4. The van der Waals surface area contributed by atoms with Gasteiger partial charge in [0.05, 0.1) is 18.4 Å². The molecule has 0 bridgehead atoms. The lowest BCUT2D eigenvalue weighted by Crippen LogP contribution is -2.55. The maximum Gasteiger partial charge on any atom is 0.243 e. The van der Waals surface area contributed by atoms with Crippen LogP contribution in [0.5, 0.6) is 5.75 Å². The number of sulfonamides is 1. The number of nitrogen functional groups attached to an aromatic ring is 1. The van der Waals surface area contributed by atoms with Crippen LogP contribution in [0.3, 0.4) is 0 Å². The van der Waals surface area contributed by atoms with Crippen molar-refractivity contribution in [2.24, 2.45) is 5.73 Å². The molecule has 3 rings (SSSR count). The largest absolute Gasteiger partial charge is 0.497 e. The van der Waals surface area contributed by atoms with E-state index in [1.807, 2.05) is 20.8 Å². The number of amidine groups is 1. The standard InChI is InChI=1S/C29H40N6O6S/c1-5-29(2,3)33-25(36)17-23(34-42(39,40)22-14-12-21(41-4)13-15-22)28(38)35-16-6-7-24(35)27(37)32-18-19-8-10-20(11-9-19)26(30)31/h8-15,23-24,34H,5-7,16-18H2,1-4H3,(H3,30,31)(H,32,37)(H,33,36). The molecule has 13 heteroatoms. The van der Waals surface area contributed by atoms with Crippen molar-refractivity contribution in [3.63, 3.8) is 0 Å². The van der Waals surface area contributed by atoms with Crippen molar-refractivity contribution in [2.75, 3.05) is 13.7 Å². The highest BCUT2D eigenvalue weighted by molar-refractivity contribution is 7.89. The number of nitrogens with two attached hydrogens (primary N) is 1. The minimum absolute atomic E-state index is 0.0604. The van der Waals surface area contributed by atoms with Crippen molar-refractivity contribution in [2.45, 2.75) is 75.5 Å². The van der Waals surface area contributed by atoms with E-state index >= 15 is 0 Å².